The van der Waals surface area contributed by atoms with Crippen molar-refractivity contribution in [1.29, 1.82) is 0 Å². The van der Waals surface area contributed by atoms with Gasteiger partial charge in [0.25, 0.3) is 9.05 Å². The zero-order valence-corrected chi connectivity index (χ0v) is 14.9. The standard InChI is InChI=1S/C11H15BrClNO4S2/c1-8(2)5-6-19(15,16)14-11-4-3-9(7-10(11)12)20(13,17)18/h3-4,7-8,14H,5-6H2,1-2H3. The molecule has 0 saturated carbocycles. The number of hydrogen-bond acceptors (Lipinski definition) is 4. The summed E-state index contributed by atoms with van der Waals surface area (Å²) in [4.78, 5) is -0.101. The van der Waals surface area contributed by atoms with E-state index in [-0.39, 0.29) is 22.3 Å². The molecule has 9 heteroatoms. The van der Waals surface area contributed by atoms with Crippen molar-refractivity contribution in [1.82, 2.24) is 0 Å². The van der Waals surface area contributed by atoms with Crippen LogP contribution >= 0.6 is 26.6 Å². The van der Waals surface area contributed by atoms with Crippen molar-refractivity contribution in [2.45, 2.75) is 25.2 Å². The maximum Gasteiger partial charge on any atom is 0.261 e. The van der Waals surface area contributed by atoms with Gasteiger partial charge in [-0.05, 0) is 46.5 Å². The Hall–Kier alpha value is -0.310. The zero-order chi connectivity index (χ0) is 15.6. The van der Waals surface area contributed by atoms with Crippen molar-refractivity contribution in [2.75, 3.05) is 10.5 Å². The van der Waals surface area contributed by atoms with Crippen molar-refractivity contribution < 1.29 is 16.8 Å². The summed E-state index contributed by atoms with van der Waals surface area (Å²) in [5.41, 5.74) is 0.276. The number of anilines is 1. The van der Waals surface area contributed by atoms with E-state index in [0.717, 1.165) is 0 Å². The number of nitrogens with one attached hydrogen (secondary N) is 1. The first-order chi connectivity index (χ1) is 9.01. The average Bonchev–Trinajstić information content (AvgIpc) is 2.28. The third-order valence-electron chi connectivity index (χ3n) is 2.45. The summed E-state index contributed by atoms with van der Waals surface area (Å²) >= 11 is 3.12. The topological polar surface area (TPSA) is 80.3 Å². The van der Waals surface area contributed by atoms with Crippen LogP contribution in [0.25, 0.3) is 0 Å². The lowest BCUT2D eigenvalue weighted by Crippen LogP contribution is -2.18. The Morgan fingerprint density at radius 2 is 1.85 bits per heavy atom. The van der Waals surface area contributed by atoms with E-state index in [9.17, 15) is 16.8 Å². The van der Waals surface area contributed by atoms with E-state index in [1.54, 1.807) is 0 Å². The summed E-state index contributed by atoms with van der Waals surface area (Å²) in [6.45, 7) is 3.87. The minimum atomic E-state index is -3.84. The normalized spacial score (nSPS) is 12.7. The van der Waals surface area contributed by atoms with Crippen LogP contribution in [0, 0.1) is 5.92 Å². The molecule has 0 heterocycles. The van der Waals surface area contributed by atoms with Crippen molar-refractivity contribution in [3.05, 3.63) is 22.7 Å². The molecule has 0 aliphatic heterocycles. The molecule has 0 saturated heterocycles. The summed E-state index contributed by atoms with van der Waals surface area (Å²) in [6.07, 6.45) is 0.543. The molecule has 0 unspecified atom stereocenters. The maximum atomic E-state index is 11.9. The van der Waals surface area contributed by atoms with Crippen LogP contribution in [0.4, 0.5) is 5.69 Å². The predicted molar refractivity (Wildman–Crippen MR) is 84.0 cm³/mol. The second kappa shape index (κ2) is 6.64. The van der Waals surface area contributed by atoms with Gasteiger partial charge in [0.15, 0.2) is 0 Å². The van der Waals surface area contributed by atoms with Gasteiger partial charge in [-0.1, -0.05) is 13.8 Å². The molecule has 0 radical (unpaired) electrons. The molecule has 114 valence electrons. The van der Waals surface area contributed by atoms with Crippen LogP contribution < -0.4 is 4.72 Å². The fourth-order valence-corrected chi connectivity index (χ4v) is 4.27. The Balaban J connectivity index is 2.94. The van der Waals surface area contributed by atoms with E-state index in [1.165, 1.54) is 18.2 Å². The number of sulfonamides is 1. The van der Waals surface area contributed by atoms with Gasteiger partial charge >= 0.3 is 0 Å². The van der Waals surface area contributed by atoms with Crippen LogP contribution in [0.15, 0.2) is 27.6 Å². The van der Waals surface area contributed by atoms with Gasteiger partial charge in [-0.2, -0.15) is 0 Å². The Morgan fingerprint density at radius 1 is 1.25 bits per heavy atom. The first-order valence-corrected chi connectivity index (χ1v) is 10.5. The maximum absolute atomic E-state index is 11.9. The molecule has 0 aromatic heterocycles. The van der Waals surface area contributed by atoms with Crippen molar-refractivity contribution in [2.24, 2.45) is 5.92 Å². The van der Waals surface area contributed by atoms with Crippen LogP contribution in [-0.2, 0) is 19.1 Å². The van der Waals surface area contributed by atoms with E-state index < -0.39 is 19.1 Å². The van der Waals surface area contributed by atoms with Crippen molar-refractivity contribution >= 4 is 51.4 Å². The third-order valence-corrected chi connectivity index (χ3v) is 5.76. The molecule has 0 bridgehead atoms. The van der Waals surface area contributed by atoms with Crippen LogP contribution in [-0.4, -0.2) is 22.6 Å². The lowest BCUT2D eigenvalue weighted by atomic mass is 10.2. The average molecular weight is 405 g/mol. The second-order valence-corrected chi connectivity index (χ2v) is 9.95. The molecule has 1 rings (SSSR count). The third kappa shape index (κ3) is 5.59. The molecule has 0 amide bonds. The molecule has 20 heavy (non-hydrogen) atoms. The number of hydrogen-bond donors (Lipinski definition) is 1. The van der Waals surface area contributed by atoms with Gasteiger partial charge in [0, 0.05) is 15.2 Å². The second-order valence-electron chi connectivity index (χ2n) is 4.68. The minimum absolute atomic E-state index is 0.00661. The van der Waals surface area contributed by atoms with Crippen molar-refractivity contribution in [3.8, 4) is 0 Å². The largest absolute Gasteiger partial charge is 0.282 e. The SMILES string of the molecule is CC(C)CCS(=O)(=O)Nc1ccc(S(=O)(=O)Cl)cc1Br. The lowest BCUT2D eigenvalue weighted by Gasteiger charge is -2.11. The summed E-state index contributed by atoms with van der Waals surface area (Å²) in [7, 11) is -2.09. The van der Waals surface area contributed by atoms with E-state index in [1.807, 2.05) is 13.8 Å². The van der Waals surface area contributed by atoms with Crippen LogP contribution in [0.5, 0.6) is 0 Å². The molecule has 0 aliphatic rings. The molecule has 1 aromatic carbocycles. The minimum Gasteiger partial charge on any atom is -0.282 e. The summed E-state index contributed by atoms with van der Waals surface area (Å²) < 4.78 is 48.8. The molecular weight excluding hydrogens is 390 g/mol. The molecule has 5 nitrogen and oxygen atoms in total. The lowest BCUT2D eigenvalue weighted by molar-refractivity contribution is 0.578. The first-order valence-electron chi connectivity index (χ1n) is 5.76. The molecular formula is C11H15BrClNO4S2. The Bertz CT molecular complexity index is 686. The van der Waals surface area contributed by atoms with E-state index in [0.29, 0.717) is 10.9 Å². The van der Waals surface area contributed by atoms with Gasteiger partial charge in [-0.25, -0.2) is 16.8 Å². The van der Waals surface area contributed by atoms with Gasteiger partial charge in [0.05, 0.1) is 16.3 Å². The highest BCUT2D eigenvalue weighted by atomic mass is 79.9. The predicted octanol–water partition coefficient (Wildman–Crippen LogP) is 3.16. The number of benzene rings is 1. The Morgan fingerprint density at radius 3 is 2.30 bits per heavy atom. The molecule has 0 spiro atoms. The molecule has 0 aliphatic carbocycles. The van der Waals surface area contributed by atoms with Crippen LogP contribution in [0.2, 0.25) is 0 Å². The van der Waals surface area contributed by atoms with Gasteiger partial charge in [0.2, 0.25) is 10.0 Å². The zero-order valence-electron chi connectivity index (χ0n) is 10.9. The van der Waals surface area contributed by atoms with E-state index >= 15 is 0 Å². The van der Waals surface area contributed by atoms with Crippen molar-refractivity contribution in [3.63, 3.8) is 0 Å². The van der Waals surface area contributed by atoms with E-state index in [2.05, 4.69) is 20.7 Å². The molecule has 0 fully saturated rings. The van der Waals surface area contributed by atoms with Gasteiger partial charge in [0.1, 0.15) is 0 Å². The molecule has 1 N–H and O–H groups in total. The van der Waals surface area contributed by atoms with Gasteiger partial charge in [-0.15, -0.1) is 0 Å². The van der Waals surface area contributed by atoms with Crippen LogP contribution in [0.3, 0.4) is 0 Å². The molecule has 0 atom stereocenters. The smallest absolute Gasteiger partial charge is 0.261 e. The fourth-order valence-electron chi connectivity index (χ4n) is 1.34. The summed E-state index contributed by atoms with van der Waals surface area (Å²) in [5, 5.41) is 0. The molecule has 1 aromatic rings. The number of rotatable bonds is 6. The fraction of sp³-hybridized carbons (Fsp3) is 0.455. The highest BCUT2D eigenvalue weighted by Gasteiger charge is 2.16. The first kappa shape index (κ1) is 17.7. The summed E-state index contributed by atoms with van der Waals surface area (Å²) in [5.74, 6) is 0.283. The van der Waals surface area contributed by atoms with Gasteiger partial charge in [-0.3, -0.25) is 4.72 Å². The Labute approximate surface area is 132 Å². The highest BCUT2D eigenvalue weighted by Crippen LogP contribution is 2.28. The Kier molecular flexibility index (Phi) is 5.89. The monoisotopic (exact) mass is 403 g/mol. The van der Waals surface area contributed by atoms with Crippen LogP contribution in [0.1, 0.15) is 20.3 Å². The number of halogens is 2. The quantitative estimate of drug-likeness (QED) is 0.738. The van der Waals surface area contributed by atoms with Gasteiger partial charge < -0.3 is 0 Å². The summed E-state index contributed by atoms with van der Waals surface area (Å²) in [6, 6.07) is 3.85. The van der Waals surface area contributed by atoms with E-state index in [4.69, 9.17) is 10.7 Å². The highest BCUT2D eigenvalue weighted by molar-refractivity contribution is 9.10.